The Kier molecular flexibility index (Phi) is 7.87. The van der Waals surface area contributed by atoms with E-state index in [4.69, 9.17) is 0 Å². The number of urea groups is 1. The topological polar surface area (TPSA) is 138 Å². The third-order valence-electron chi connectivity index (χ3n) is 7.27. The highest BCUT2D eigenvalue weighted by molar-refractivity contribution is 6.15. The van der Waals surface area contributed by atoms with Crippen LogP contribution in [-0.4, -0.2) is 70.6 Å². The minimum absolute atomic E-state index is 0.00405. The predicted octanol–water partition coefficient (Wildman–Crippen LogP) is 3.42. The predicted molar refractivity (Wildman–Crippen MR) is 145 cm³/mol. The molecule has 2 aliphatic rings. The number of nitrogens with one attached hydrogen (secondary N) is 3. The highest BCUT2D eigenvalue weighted by Gasteiger charge is 2.46. The van der Waals surface area contributed by atoms with Gasteiger partial charge in [0.25, 0.3) is 5.91 Å². The maximum atomic E-state index is 14.5. The van der Waals surface area contributed by atoms with E-state index in [0.29, 0.717) is 12.8 Å². The van der Waals surface area contributed by atoms with E-state index in [0.717, 1.165) is 0 Å². The number of ether oxygens (including phenoxy) is 1. The van der Waals surface area contributed by atoms with Crippen molar-refractivity contribution >= 4 is 29.3 Å². The molecule has 2 aromatic carbocycles. The van der Waals surface area contributed by atoms with Crippen LogP contribution in [0.3, 0.4) is 0 Å². The quantitative estimate of drug-likeness (QED) is 0.395. The number of fused-ring (bicyclic) bond motifs is 1. The lowest BCUT2D eigenvalue weighted by molar-refractivity contribution is -0.135. The number of hydrogen-bond acceptors (Lipinski definition) is 6. The number of nitrogens with zero attached hydrogens (tertiary/aromatic N) is 3. The number of halogens is 3. The highest BCUT2D eigenvalue weighted by atomic mass is 19.4. The number of piperidine rings is 1. The number of esters is 1. The van der Waals surface area contributed by atoms with Crippen LogP contribution in [0.25, 0.3) is 0 Å². The number of benzene rings is 2. The Hall–Kier alpha value is -4.88. The van der Waals surface area contributed by atoms with E-state index >= 15 is 0 Å². The first kappa shape index (κ1) is 28.6. The largest absolute Gasteiger partial charge is 0.464 e. The van der Waals surface area contributed by atoms with Crippen LogP contribution in [-0.2, 0) is 9.53 Å². The molecule has 14 heteroatoms. The normalized spacial score (nSPS) is 18.3. The van der Waals surface area contributed by atoms with E-state index in [1.165, 1.54) is 59.2 Å². The Morgan fingerprint density at radius 1 is 1.05 bits per heavy atom. The second kappa shape index (κ2) is 11.5. The summed E-state index contributed by atoms with van der Waals surface area (Å²) in [6.45, 7) is 0.365. The Morgan fingerprint density at radius 2 is 1.71 bits per heavy atom. The molecule has 0 aliphatic carbocycles. The second-order valence-corrected chi connectivity index (χ2v) is 9.88. The van der Waals surface area contributed by atoms with Crippen molar-refractivity contribution in [3.63, 3.8) is 0 Å². The van der Waals surface area contributed by atoms with Crippen molar-refractivity contribution in [2.24, 2.45) is 4.99 Å². The molecule has 2 atom stereocenters. The molecule has 3 aromatic rings. The average molecular weight is 585 g/mol. The van der Waals surface area contributed by atoms with Gasteiger partial charge in [0.2, 0.25) is 6.17 Å². The van der Waals surface area contributed by atoms with Crippen molar-refractivity contribution < 1.29 is 32.3 Å². The number of aliphatic imine (C=N–C) groups is 1. The standard InChI is InChI=1S/C28H27F3N6O5/c1-42-25(39)20-15-37(27(41)33-20)17-11-13-36(14-12-17)26(40)35-23-24(38)32-19-10-6-5-9-18(19)22(34-23)21(28(29,30)31)16-7-3-2-4-8-16/h2-10,15,17,21,23H,11-14H2,1H3,(H,32,38)(H,33,41)(H,35,40)/t21?,23-/m0/s1. The van der Waals surface area contributed by atoms with Crippen LogP contribution >= 0.6 is 0 Å². The summed E-state index contributed by atoms with van der Waals surface area (Å²) in [5.74, 6) is -3.63. The Morgan fingerprint density at radius 3 is 2.38 bits per heavy atom. The summed E-state index contributed by atoms with van der Waals surface area (Å²) < 4.78 is 49.6. The monoisotopic (exact) mass is 584 g/mol. The molecular weight excluding hydrogens is 557 g/mol. The summed E-state index contributed by atoms with van der Waals surface area (Å²) in [7, 11) is 1.19. The van der Waals surface area contributed by atoms with Crippen molar-refractivity contribution in [2.75, 3.05) is 25.5 Å². The number of carbonyl (C=O) groups is 3. The maximum Gasteiger partial charge on any atom is 0.401 e. The third kappa shape index (κ3) is 5.78. The number of para-hydroxylation sites is 1. The zero-order valence-corrected chi connectivity index (χ0v) is 22.4. The molecule has 3 amide bonds. The van der Waals surface area contributed by atoms with Crippen LogP contribution in [0.2, 0.25) is 0 Å². The number of benzodiazepines with no additional fused rings is 1. The van der Waals surface area contributed by atoms with Gasteiger partial charge in [-0.2, -0.15) is 13.2 Å². The van der Waals surface area contributed by atoms with Gasteiger partial charge >= 0.3 is 23.9 Å². The number of likely N-dealkylation sites (tertiary alicyclic amines) is 1. The number of anilines is 1. The molecule has 2 aliphatic heterocycles. The van der Waals surface area contributed by atoms with Crippen molar-refractivity contribution in [1.29, 1.82) is 0 Å². The van der Waals surface area contributed by atoms with Crippen molar-refractivity contribution in [1.82, 2.24) is 19.8 Å². The lowest BCUT2D eigenvalue weighted by Gasteiger charge is -2.32. The lowest BCUT2D eigenvalue weighted by Crippen LogP contribution is -2.51. The van der Waals surface area contributed by atoms with E-state index in [2.05, 4.69) is 25.3 Å². The zero-order chi connectivity index (χ0) is 30.0. The number of amides is 3. The van der Waals surface area contributed by atoms with Crippen LogP contribution in [0, 0.1) is 0 Å². The summed E-state index contributed by atoms with van der Waals surface area (Å²) >= 11 is 0. The van der Waals surface area contributed by atoms with Crippen molar-refractivity contribution in [2.45, 2.75) is 37.1 Å². The first-order chi connectivity index (χ1) is 20.1. The van der Waals surface area contributed by atoms with Gasteiger partial charge in [0.15, 0.2) is 0 Å². The summed E-state index contributed by atoms with van der Waals surface area (Å²) in [6, 6.07) is 12.3. The number of alkyl halides is 3. The number of aromatic nitrogens is 2. The average Bonchev–Trinajstić information content (AvgIpc) is 3.31. The van der Waals surface area contributed by atoms with Crippen LogP contribution in [0.4, 0.5) is 23.7 Å². The molecule has 1 fully saturated rings. The zero-order valence-electron chi connectivity index (χ0n) is 22.4. The molecule has 1 unspecified atom stereocenters. The van der Waals surface area contributed by atoms with Crippen LogP contribution < -0.4 is 16.3 Å². The van der Waals surface area contributed by atoms with Gasteiger partial charge in [0.05, 0.1) is 12.8 Å². The molecule has 0 bridgehead atoms. The molecule has 0 saturated carbocycles. The number of rotatable bonds is 5. The number of aromatic amines is 1. The van der Waals surface area contributed by atoms with Gasteiger partial charge in [-0.25, -0.2) is 14.4 Å². The molecular formula is C28H27F3N6O5. The summed E-state index contributed by atoms with van der Waals surface area (Å²) in [5.41, 5.74) is -0.711. The van der Waals surface area contributed by atoms with Crippen LogP contribution in [0.15, 0.2) is 70.6 Å². The molecule has 1 saturated heterocycles. The fourth-order valence-electron chi connectivity index (χ4n) is 5.21. The minimum atomic E-state index is -4.75. The third-order valence-corrected chi connectivity index (χ3v) is 7.27. The van der Waals surface area contributed by atoms with Crippen LogP contribution in [0.5, 0.6) is 0 Å². The molecule has 0 spiro atoms. The SMILES string of the molecule is COC(=O)c1cn(C2CCN(C(=O)N[C@@H]3N=C(C(c4ccccc4)C(F)(F)F)c4ccccc4NC3=O)CC2)c(=O)[nH]1. The highest BCUT2D eigenvalue weighted by Crippen LogP contribution is 2.40. The fraction of sp³-hybridized carbons (Fsp3) is 0.321. The first-order valence-corrected chi connectivity index (χ1v) is 13.1. The summed E-state index contributed by atoms with van der Waals surface area (Å²) in [6.07, 6.45) is -4.32. The minimum Gasteiger partial charge on any atom is -0.464 e. The molecule has 11 nitrogen and oxygen atoms in total. The van der Waals surface area contributed by atoms with Gasteiger partial charge in [-0.15, -0.1) is 0 Å². The Bertz CT molecular complexity index is 1570. The van der Waals surface area contributed by atoms with Gasteiger partial charge in [-0.3, -0.25) is 14.4 Å². The number of methoxy groups -OCH3 is 1. The van der Waals surface area contributed by atoms with E-state index in [9.17, 15) is 32.3 Å². The lowest BCUT2D eigenvalue weighted by atomic mass is 9.88. The molecule has 3 heterocycles. The second-order valence-electron chi connectivity index (χ2n) is 9.88. The molecule has 220 valence electrons. The summed E-state index contributed by atoms with van der Waals surface area (Å²) in [5, 5.41) is 5.06. The van der Waals surface area contributed by atoms with Gasteiger partial charge in [-0.05, 0) is 24.5 Å². The summed E-state index contributed by atoms with van der Waals surface area (Å²) in [4.78, 5) is 58.4. The number of hydrogen-bond donors (Lipinski definition) is 3. The van der Waals surface area contributed by atoms with Crippen LogP contribution in [0.1, 0.15) is 46.4 Å². The molecule has 3 N–H and O–H groups in total. The van der Waals surface area contributed by atoms with E-state index < -0.39 is 47.6 Å². The van der Waals surface area contributed by atoms with E-state index in [1.807, 2.05) is 0 Å². The van der Waals surface area contributed by atoms with Crippen molar-refractivity contribution in [3.8, 4) is 0 Å². The van der Waals surface area contributed by atoms with Gasteiger partial charge < -0.3 is 25.3 Å². The smallest absolute Gasteiger partial charge is 0.401 e. The first-order valence-electron chi connectivity index (χ1n) is 13.1. The van der Waals surface area contributed by atoms with E-state index in [-0.39, 0.29) is 41.6 Å². The number of carbonyl (C=O) groups excluding carboxylic acids is 3. The fourth-order valence-corrected chi connectivity index (χ4v) is 5.21. The molecule has 0 radical (unpaired) electrons. The van der Waals surface area contributed by atoms with Crippen molar-refractivity contribution in [3.05, 3.63) is 88.1 Å². The Labute approximate surface area is 237 Å². The molecule has 5 rings (SSSR count). The molecule has 42 heavy (non-hydrogen) atoms. The Balaban J connectivity index is 1.37. The van der Waals surface area contributed by atoms with Gasteiger partial charge in [0.1, 0.15) is 11.6 Å². The molecule has 1 aromatic heterocycles. The van der Waals surface area contributed by atoms with Gasteiger partial charge in [0, 0.05) is 36.6 Å². The number of H-pyrrole nitrogens is 1. The van der Waals surface area contributed by atoms with Gasteiger partial charge in [-0.1, -0.05) is 48.5 Å². The maximum absolute atomic E-state index is 14.5. The van der Waals surface area contributed by atoms with E-state index in [1.54, 1.807) is 18.2 Å². The number of imidazole rings is 1.